The Hall–Kier alpha value is -1.49. The maximum Gasteiger partial charge on any atom is 0.255 e. The molecular formula is C11H17N5. The summed E-state index contributed by atoms with van der Waals surface area (Å²) < 4.78 is 1.94. The highest BCUT2D eigenvalue weighted by Crippen LogP contribution is 2.16. The van der Waals surface area contributed by atoms with Gasteiger partial charge in [0.1, 0.15) is 0 Å². The van der Waals surface area contributed by atoms with Crippen molar-refractivity contribution in [3.63, 3.8) is 0 Å². The first-order valence-electron chi connectivity index (χ1n) is 5.58. The molecule has 0 aliphatic rings. The topological polar surface area (TPSA) is 69.1 Å². The molecule has 0 saturated heterocycles. The lowest BCUT2D eigenvalue weighted by atomic mass is 10.1. The molecule has 16 heavy (non-hydrogen) atoms. The van der Waals surface area contributed by atoms with E-state index in [0.717, 1.165) is 30.1 Å². The minimum absolute atomic E-state index is 0.0665. The molecule has 0 spiro atoms. The van der Waals surface area contributed by atoms with Crippen molar-refractivity contribution in [3.8, 4) is 0 Å². The van der Waals surface area contributed by atoms with Gasteiger partial charge in [-0.1, -0.05) is 13.3 Å². The zero-order chi connectivity index (χ0) is 11.7. The van der Waals surface area contributed by atoms with E-state index in [-0.39, 0.29) is 6.04 Å². The van der Waals surface area contributed by atoms with E-state index in [1.807, 2.05) is 24.3 Å². The average Bonchev–Trinajstić information content (AvgIpc) is 2.61. The Morgan fingerprint density at radius 2 is 2.12 bits per heavy atom. The molecule has 1 atom stereocenters. The van der Waals surface area contributed by atoms with E-state index in [0.29, 0.717) is 5.78 Å². The van der Waals surface area contributed by atoms with Crippen molar-refractivity contribution in [1.29, 1.82) is 0 Å². The summed E-state index contributed by atoms with van der Waals surface area (Å²) in [5, 5.41) is 8.21. The predicted molar refractivity (Wildman–Crippen MR) is 62.1 cm³/mol. The van der Waals surface area contributed by atoms with Crippen molar-refractivity contribution in [2.75, 3.05) is 0 Å². The first-order valence-corrected chi connectivity index (χ1v) is 5.58. The highest BCUT2D eigenvalue weighted by atomic mass is 15.3. The third-order valence-electron chi connectivity index (χ3n) is 2.65. The maximum atomic E-state index is 6.07. The lowest BCUT2D eigenvalue weighted by Gasteiger charge is -2.09. The van der Waals surface area contributed by atoms with Gasteiger partial charge in [-0.05, 0) is 26.3 Å². The summed E-state index contributed by atoms with van der Waals surface area (Å²) in [6.45, 7) is 6.08. The molecule has 0 amide bonds. The highest BCUT2D eigenvalue weighted by molar-refractivity contribution is 5.33. The van der Waals surface area contributed by atoms with Crippen LogP contribution in [0.15, 0.2) is 6.07 Å². The van der Waals surface area contributed by atoms with Crippen LogP contribution in [0.4, 0.5) is 0 Å². The van der Waals surface area contributed by atoms with Crippen molar-refractivity contribution in [1.82, 2.24) is 19.6 Å². The molecule has 2 rings (SSSR count). The van der Waals surface area contributed by atoms with Crippen LogP contribution in [-0.4, -0.2) is 19.6 Å². The fraction of sp³-hybridized carbons (Fsp3) is 0.545. The highest BCUT2D eigenvalue weighted by Gasteiger charge is 2.15. The number of hydrogen-bond donors (Lipinski definition) is 1. The Morgan fingerprint density at radius 3 is 2.81 bits per heavy atom. The molecule has 0 aromatic carbocycles. The lowest BCUT2D eigenvalue weighted by Crippen LogP contribution is -2.15. The van der Waals surface area contributed by atoms with Crippen LogP contribution >= 0.6 is 0 Å². The fourth-order valence-corrected chi connectivity index (χ4v) is 1.94. The molecule has 2 heterocycles. The molecule has 2 aromatic rings. The SMILES string of the molecule is CCCC(N)c1nnc2nc(C)cc(C)n12. The van der Waals surface area contributed by atoms with Gasteiger partial charge in [0.2, 0.25) is 0 Å². The largest absolute Gasteiger partial charge is 0.321 e. The number of nitrogens with two attached hydrogens (primary N) is 1. The zero-order valence-corrected chi connectivity index (χ0v) is 9.94. The van der Waals surface area contributed by atoms with Crippen LogP contribution in [0.5, 0.6) is 0 Å². The Labute approximate surface area is 94.7 Å². The molecule has 86 valence electrons. The van der Waals surface area contributed by atoms with E-state index < -0.39 is 0 Å². The third kappa shape index (κ3) is 1.78. The molecule has 0 radical (unpaired) electrons. The molecule has 5 heteroatoms. The monoisotopic (exact) mass is 219 g/mol. The summed E-state index contributed by atoms with van der Waals surface area (Å²) in [5.74, 6) is 1.45. The molecule has 2 N–H and O–H groups in total. The summed E-state index contributed by atoms with van der Waals surface area (Å²) in [4.78, 5) is 4.33. The fourth-order valence-electron chi connectivity index (χ4n) is 1.94. The molecule has 0 aliphatic heterocycles. The molecule has 0 bridgehead atoms. The van der Waals surface area contributed by atoms with Crippen LogP contribution in [0, 0.1) is 13.8 Å². The minimum Gasteiger partial charge on any atom is -0.321 e. The van der Waals surface area contributed by atoms with Crippen molar-refractivity contribution >= 4 is 5.78 Å². The van der Waals surface area contributed by atoms with Gasteiger partial charge in [0.25, 0.3) is 5.78 Å². The van der Waals surface area contributed by atoms with E-state index >= 15 is 0 Å². The summed E-state index contributed by atoms with van der Waals surface area (Å²) >= 11 is 0. The van der Waals surface area contributed by atoms with Gasteiger partial charge in [-0.3, -0.25) is 4.40 Å². The van der Waals surface area contributed by atoms with Gasteiger partial charge in [0.15, 0.2) is 5.82 Å². The Kier molecular flexibility index (Phi) is 2.87. The number of hydrogen-bond acceptors (Lipinski definition) is 4. The van der Waals surface area contributed by atoms with E-state index in [9.17, 15) is 0 Å². The van der Waals surface area contributed by atoms with E-state index in [4.69, 9.17) is 5.73 Å². The Bertz CT molecular complexity index is 502. The second kappa shape index (κ2) is 4.17. The number of aryl methyl sites for hydroxylation is 2. The van der Waals surface area contributed by atoms with Gasteiger partial charge in [0.05, 0.1) is 6.04 Å². The Morgan fingerprint density at radius 1 is 1.38 bits per heavy atom. The number of fused-ring (bicyclic) bond motifs is 1. The number of rotatable bonds is 3. The van der Waals surface area contributed by atoms with Gasteiger partial charge >= 0.3 is 0 Å². The van der Waals surface area contributed by atoms with Crippen molar-refractivity contribution < 1.29 is 0 Å². The standard InChI is InChI=1S/C11H17N5/c1-4-5-9(12)10-14-15-11-13-7(2)6-8(3)16(10)11/h6,9H,4-5,12H2,1-3H3. The van der Waals surface area contributed by atoms with Gasteiger partial charge < -0.3 is 5.73 Å². The molecule has 0 aliphatic carbocycles. The summed E-state index contributed by atoms with van der Waals surface area (Å²) in [6.07, 6.45) is 1.95. The van der Waals surface area contributed by atoms with Gasteiger partial charge in [0, 0.05) is 11.4 Å². The van der Waals surface area contributed by atoms with Crippen LogP contribution < -0.4 is 5.73 Å². The van der Waals surface area contributed by atoms with Crippen molar-refractivity contribution in [2.24, 2.45) is 5.73 Å². The van der Waals surface area contributed by atoms with E-state index in [1.165, 1.54) is 0 Å². The van der Waals surface area contributed by atoms with Crippen molar-refractivity contribution in [2.45, 2.75) is 39.7 Å². The molecular weight excluding hydrogens is 202 g/mol. The first kappa shape index (κ1) is 11.0. The minimum atomic E-state index is -0.0665. The number of aromatic nitrogens is 4. The molecule has 1 unspecified atom stereocenters. The normalized spacial score (nSPS) is 13.2. The summed E-state index contributed by atoms with van der Waals surface area (Å²) in [7, 11) is 0. The van der Waals surface area contributed by atoms with Crippen molar-refractivity contribution in [3.05, 3.63) is 23.3 Å². The van der Waals surface area contributed by atoms with E-state index in [1.54, 1.807) is 0 Å². The summed E-state index contributed by atoms with van der Waals surface area (Å²) in [6, 6.07) is 1.95. The van der Waals surface area contributed by atoms with Crippen LogP contribution in [0.1, 0.15) is 43.0 Å². The van der Waals surface area contributed by atoms with Crippen LogP contribution in [-0.2, 0) is 0 Å². The maximum absolute atomic E-state index is 6.07. The first-order chi connectivity index (χ1) is 7.63. The lowest BCUT2D eigenvalue weighted by molar-refractivity contribution is 0.593. The summed E-state index contributed by atoms with van der Waals surface area (Å²) in [5.41, 5.74) is 8.10. The molecule has 0 saturated carbocycles. The smallest absolute Gasteiger partial charge is 0.255 e. The Balaban J connectivity index is 2.55. The second-order valence-electron chi connectivity index (χ2n) is 4.13. The molecule has 5 nitrogen and oxygen atoms in total. The van der Waals surface area contributed by atoms with Gasteiger partial charge in [-0.2, -0.15) is 0 Å². The quantitative estimate of drug-likeness (QED) is 0.850. The molecule has 0 fully saturated rings. The number of nitrogens with zero attached hydrogens (tertiary/aromatic N) is 4. The molecule has 2 aromatic heterocycles. The average molecular weight is 219 g/mol. The zero-order valence-electron chi connectivity index (χ0n) is 9.94. The van der Waals surface area contributed by atoms with Crippen LogP contribution in [0.25, 0.3) is 5.78 Å². The predicted octanol–water partition coefficient (Wildman–Crippen LogP) is 1.54. The van der Waals surface area contributed by atoms with Crippen LogP contribution in [0.3, 0.4) is 0 Å². The third-order valence-corrected chi connectivity index (χ3v) is 2.65. The van der Waals surface area contributed by atoms with Crippen LogP contribution in [0.2, 0.25) is 0 Å². The second-order valence-corrected chi connectivity index (χ2v) is 4.13. The van der Waals surface area contributed by atoms with Gasteiger partial charge in [-0.15, -0.1) is 10.2 Å². The van der Waals surface area contributed by atoms with E-state index in [2.05, 4.69) is 22.1 Å². The van der Waals surface area contributed by atoms with Gasteiger partial charge in [-0.25, -0.2) is 4.98 Å².